The SMILES string of the molecule is CCCNC(=O)c1cccc(S(=O)(=O)F)c1. The van der Waals surface area contributed by atoms with Crippen molar-refractivity contribution in [2.45, 2.75) is 18.2 Å². The average molecular weight is 245 g/mol. The highest BCUT2D eigenvalue weighted by Crippen LogP contribution is 2.13. The first-order chi connectivity index (χ1) is 7.45. The number of nitrogens with one attached hydrogen (secondary N) is 1. The Morgan fingerprint density at radius 1 is 1.44 bits per heavy atom. The smallest absolute Gasteiger partial charge is 0.332 e. The molecule has 1 amide bonds. The van der Waals surface area contributed by atoms with E-state index in [1.54, 1.807) is 0 Å². The average Bonchev–Trinajstić information content (AvgIpc) is 2.25. The molecule has 1 aromatic rings. The summed E-state index contributed by atoms with van der Waals surface area (Å²) in [6.45, 7) is 2.38. The first-order valence-electron chi connectivity index (χ1n) is 4.78. The molecule has 0 spiro atoms. The Morgan fingerprint density at radius 2 is 2.12 bits per heavy atom. The van der Waals surface area contributed by atoms with Gasteiger partial charge in [-0.2, -0.15) is 8.42 Å². The minimum Gasteiger partial charge on any atom is -0.352 e. The Balaban J connectivity index is 2.95. The highest BCUT2D eigenvalue weighted by atomic mass is 32.3. The van der Waals surface area contributed by atoms with E-state index in [1.807, 2.05) is 6.92 Å². The third-order valence-corrected chi connectivity index (χ3v) is 2.73. The lowest BCUT2D eigenvalue weighted by atomic mass is 10.2. The topological polar surface area (TPSA) is 63.2 Å². The highest BCUT2D eigenvalue weighted by Gasteiger charge is 2.14. The molecule has 0 bridgehead atoms. The van der Waals surface area contributed by atoms with Crippen molar-refractivity contribution in [3.05, 3.63) is 29.8 Å². The van der Waals surface area contributed by atoms with Crippen molar-refractivity contribution in [2.24, 2.45) is 0 Å². The van der Waals surface area contributed by atoms with Gasteiger partial charge in [-0.15, -0.1) is 3.89 Å². The fourth-order valence-electron chi connectivity index (χ4n) is 1.13. The van der Waals surface area contributed by atoms with Gasteiger partial charge in [-0.3, -0.25) is 4.79 Å². The summed E-state index contributed by atoms with van der Waals surface area (Å²) >= 11 is 0. The summed E-state index contributed by atoms with van der Waals surface area (Å²) < 4.78 is 33.9. The molecule has 0 saturated heterocycles. The predicted octanol–water partition coefficient (Wildman–Crippen LogP) is 1.48. The van der Waals surface area contributed by atoms with Crippen molar-refractivity contribution >= 4 is 16.1 Å². The molecule has 16 heavy (non-hydrogen) atoms. The van der Waals surface area contributed by atoms with Crippen LogP contribution in [0.5, 0.6) is 0 Å². The quantitative estimate of drug-likeness (QED) is 0.817. The van der Waals surface area contributed by atoms with Crippen LogP contribution in [0.15, 0.2) is 29.2 Å². The van der Waals surface area contributed by atoms with Gasteiger partial charge in [-0.05, 0) is 24.6 Å². The maximum atomic E-state index is 12.7. The van der Waals surface area contributed by atoms with Gasteiger partial charge in [-0.25, -0.2) is 0 Å². The fraction of sp³-hybridized carbons (Fsp3) is 0.300. The Hall–Kier alpha value is -1.43. The summed E-state index contributed by atoms with van der Waals surface area (Å²) in [4.78, 5) is 11.0. The van der Waals surface area contributed by atoms with Crippen LogP contribution in [0.4, 0.5) is 3.89 Å². The van der Waals surface area contributed by atoms with Gasteiger partial charge in [-0.1, -0.05) is 13.0 Å². The van der Waals surface area contributed by atoms with Gasteiger partial charge in [0.25, 0.3) is 5.91 Å². The fourth-order valence-corrected chi connectivity index (χ4v) is 1.64. The minimum atomic E-state index is -4.76. The van der Waals surface area contributed by atoms with Gasteiger partial charge in [0.05, 0.1) is 4.90 Å². The third kappa shape index (κ3) is 3.30. The molecule has 6 heteroatoms. The maximum Gasteiger partial charge on any atom is 0.332 e. The molecule has 0 heterocycles. The van der Waals surface area contributed by atoms with Crippen LogP contribution in [-0.4, -0.2) is 20.9 Å². The van der Waals surface area contributed by atoms with Crippen molar-refractivity contribution in [3.63, 3.8) is 0 Å². The second-order valence-corrected chi connectivity index (χ2v) is 4.57. The minimum absolute atomic E-state index is 0.132. The van der Waals surface area contributed by atoms with E-state index in [0.717, 1.165) is 18.6 Å². The zero-order chi connectivity index (χ0) is 12.2. The zero-order valence-electron chi connectivity index (χ0n) is 8.73. The van der Waals surface area contributed by atoms with Gasteiger partial charge in [0.2, 0.25) is 0 Å². The van der Waals surface area contributed by atoms with Gasteiger partial charge in [0, 0.05) is 12.1 Å². The van der Waals surface area contributed by atoms with Crippen molar-refractivity contribution in [1.29, 1.82) is 0 Å². The van der Waals surface area contributed by atoms with Crippen LogP contribution < -0.4 is 5.32 Å². The number of carbonyl (C=O) groups is 1. The van der Waals surface area contributed by atoms with E-state index < -0.39 is 21.0 Å². The molecule has 1 aromatic carbocycles. The van der Waals surface area contributed by atoms with E-state index in [1.165, 1.54) is 12.1 Å². The van der Waals surface area contributed by atoms with Gasteiger partial charge < -0.3 is 5.32 Å². The Morgan fingerprint density at radius 3 is 2.69 bits per heavy atom. The lowest BCUT2D eigenvalue weighted by molar-refractivity contribution is 0.0953. The monoisotopic (exact) mass is 245 g/mol. The summed E-state index contributed by atoms with van der Waals surface area (Å²) in [5.41, 5.74) is 0.132. The van der Waals surface area contributed by atoms with Crippen molar-refractivity contribution < 1.29 is 17.1 Å². The first kappa shape index (κ1) is 12.6. The molecule has 0 saturated carbocycles. The molecule has 0 atom stereocenters. The molecule has 0 aromatic heterocycles. The second-order valence-electron chi connectivity index (χ2n) is 3.22. The Bertz CT molecular complexity index is 485. The zero-order valence-corrected chi connectivity index (χ0v) is 9.55. The van der Waals surface area contributed by atoms with Crippen LogP contribution in [-0.2, 0) is 10.2 Å². The summed E-state index contributed by atoms with van der Waals surface area (Å²) in [6.07, 6.45) is 0.771. The Labute approximate surface area is 93.7 Å². The third-order valence-electron chi connectivity index (χ3n) is 1.91. The van der Waals surface area contributed by atoms with Crippen molar-refractivity contribution in [3.8, 4) is 0 Å². The van der Waals surface area contributed by atoms with Gasteiger partial charge in [0.1, 0.15) is 0 Å². The molecule has 0 aliphatic rings. The molecule has 1 rings (SSSR count). The summed E-state index contributed by atoms with van der Waals surface area (Å²) in [7, 11) is -4.76. The molecule has 0 radical (unpaired) electrons. The highest BCUT2D eigenvalue weighted by molar-refractivity contribution is 7.86. The normalized spacial score (nSPS) is 11.1. The summed E-state index contributed by atoms with van der Waals surface area (Å²) in [5, 5.41) is 2.57. The molecule has 4 nitrogen and oxygen atoms in total. The van der Waals surface area contributed by atoms with Gasteiger partial charge >= 0.3 is 10.2 Å². The van der Waals surface area contributed by atoms with Crippen LogP contribution in [0, 0.1) is 0 Å². The molecular weight excluding hydrogens is 233 g/mol. The molecule has 0 aliphatic carbocycles. The van der Waals surface area contributed by atoms with Crippen LogP contribution in [0.2, 0.25) is 0 Å². The van der Waals surface area contributed by atoms with E-state index in [2.05, 4.69) is 5.32 Å². The van der Waals surface area contributed by atoms with E-state index in [0.29, 0.717) is 6.54 Å². The molecule has 0 aliphatic heterocycles. The van der Waals surface area contributed by atoms with Crippen LogP contribution in [0.25, 0.3) is 0 Å². The maximum absolute atomic E-state index is 12.7. The number of hydrogen-bond donors (Lipinski definition) is 1. The van der Waals surface area contributed by atoms with Gasteiger partial charge in [0.15, 0.2) is 0 Å². The predicted molar refractivity (Wildman–Crippen MR) is 57.4 cm³/mol. The van der Waals surface area contributed by atoms with Crippen molar-refractivity contribution in [2.75, 3.05) is 6.54 Å². The lowest BCUT2D eigenvalue weighted by Crippen LogP contribution is -2.24. The van der Waals surface area contributed by atoms with E-state index in [-0.39, 0.29) is 5.56 Å². The van der Waals surface area contributed by atoms with E-state index in [4.69, 9.17) is 0 Å². The first-order valence-corrected chi connectivity index (χ1v) is 6.16. The number of benzene rings is 1. The van der Waals surface area contributed by atoms with E-state index >= 15 is 0 Å². The van der Waals surface area contributed by atoms with Crippen LogP contribution in [0.1, 0.15) is 23.7 Å². The second kappa shape index (κ2) is 5.07. The largest absolute Gasteiger partial charge is 0.352 e. The summed E-state index contributed by atoms with van der Waals surface area (Å²) in [5.74, 6) is -0.410. The Kier molecular flexibility index (Phi) is 4.00. The number of hydrogen-bond acceptors (Lipinski definition) is 3. The number of amides is 1. The van der Waals surface area contributed by atoms with E-state index in [9.17, 15) is 17.1 Å². The number of rotatable bonds is 4. The lowest BCUT2D eigenvalue weighted by Gasteiger charge is -2.03. The number of carbonyl (C=O) groups excluding carboxylic acids is 1. The molecular formula is C10H12FNO3S. The number of halogens is 1. The standard InChI is InChI=1S/C10H12FNO3S/c1-2-6-12-10(13)8-4-3-5-9(7-8)16(11,14)15/h3-5,7H,2,6H2,1H3,(H,12,13). The molecule has 0 unspecified atom stereocenters. The van der Waals surface area contributed by atoms with Crippen LogP contribution >= 0.6 is 0 Å². The molecule has 88 valence electrons. The summed E-state index contributed by atoms with van der Waals surface area (Å²) in [6, 6.07) is 4.87. The molecule has 0 fully saturated rings. The van der Waals surface area contributed by atoms with Crippen molar-refractivity contribution in [1.82, 2.24) is 5.32 Å². The molecule has 1 N–H and O–H groups in total. The van der Waals surface area contributed by atoms with Crippen LogP contribution in [0.3, 0.4) is 0 Å².